The van der Waals surface area contributed by atoms with E-state index in [4.69, 9.17) is 0 Å². The Labute approximate surface area is 208 Å². The lowest BCUT2D eigenvalue weighted by atomic mass is 9.94. The Morgan fingerprint density at radius 2 is 1.29 bits per heavy atom. The predicted octanol–water partition coefficient (Wildman–Crippen LogP) is 7.07. The molecule has 0 heterocycles. The van der Waals surface area contributed by atoms with Crippen molar-refractivity contribution in [3.8, 4) is 23.0 Å². The molecule has 0 saturated heterocycles. The van der Waals surface area contributed by atoms with Gasteiger partial charge in [-0.25, -0.2) is 0 Å². The highest BCUT2D eigenvalue weighted by Crippen LogP contribution is 2.33. The summed E-state index contributed by atoms with van der Waals surface area (Å²) in [6.07, 6.45) is 9.99. The normalized spacial score (nSPS) is 11.3. The number of carbonyl (C=O) groups excluding carboxylic acids is 1. The number of rotatable bonds is 11. The number of benzene rings is 2. The minimum Gasteiger partial charge on any atom is -0.508 e. The van der Waals surface area contributed by atoms with Gasteiger partial charge in [0.1, 0.15) is 28.6 Å². The molecule has 0 aliphatic carbocycles. The summed E-state index contributed by atoms with van der Waals surface area (Å²) in [5, 5.41) is 40.4. The number of phenols is 4. The first kappa shape index (κ1) is 27.8. The summed E-state index contributed by atoms with van der Waals surface area (Å²) in [4.78, 5) is 12.7. The molecule has 0 amide bonds. The van der Waals surface area contributed by atoms with E-state index in [-0.39, 0.29) is 23.5 Å². The second-order valence-corrected chi connectivity index (χ2v) is 9.61. The van der Waals surface area contributed by atoms with Crippen molar-refractivity contribution in [1.29, 1.82) is 0 Å². The van der Waals surface area contributed by atoms with Crippen molar-refractivity contribution in [2.24, 2.45) is 0 Å². The lowest BCUT2D eigenvalue weighted by Gasteiger charge is -2.13. The van der Waals surface area contributed by atoms with E-state index in [1.807, 2.05) is 26.0 Å². The first-order valence-electron chi connectivity index (χ1n) is 12.0. The number of allylic oxidation sites excluding steroid dienone is 6. The molecular weight excluding hydrogens is 440 g/mol. The maximum atomic E-state index is 12.7. The molecule has 2 aromatic carbocycles. The van der Waals surface area contributed by atoms with Crippen LogP contribution in [0, 0.1) is 0 Å². The fourth-order valence-corrected chi connectivity index (χ4v) is 3.84. The Hall–Kier alpha value is -3.47. The average molecular weight is 479 g/mol. The van der Waals surface area contributed by atoms with Crippen molar-refractivity contribution in [1.82, 2.24) is 0 Å². The molecular formula is C30H38O5. The Bertz CT molecular complexity index is 1120. The Balaban J connectivity index is 2.27. The maximum Gasteiger partial charge on any atom is 0.170 e. The lowest BCUT2D eigenvalue weighted by Crippen LogP contribution is -2.03. The van der Waals surface area contributed by atoms with Crippen LogP contribution in [0.25, 0.3) is 0 Å². The largest absolute Gasteiger partial charge is 0.508 e. The highest BCUT2D eigenvalue weighted by molar-refractivity contribution is 6.01. The number of hydrogen-bond donors (Lipinski definition) is 4. The van der Waals surface area contributed by atoms with E-state index in [1.54, 1.807) is 0 Å². The van der Waals surface area contributed by atoms with Crippen molar-refractivity contribution in [2.75, 3.05) is 0 Å². The molecule has 0 radical (unpaired) electrons. The van der Waals surface area contributed by atoms with E-state index in [0.29, 0.717) is 19.3 Å². The highest BCUT2D eigenvalue weighted by atomic mass is 16.3. The molecule has 0 fully saturated rings. The number of phenolic OH excluding ortho intramolecular Hbond substituents is 4. The van der Waals surface area contributed by atoms with Gasteiger partial charge in [-0.15, -0.1) is 0 Å². The molecule has 0 saturated carbocycles. The van der Waals surface area contributed by atoms with E-state index >= 15 is 0 Å². The monoisotopic (exact) mass is 478 g/mol. The fourth-order valence-electron chi connectivity index (χ4n) is 3.84. The predicted molar refractivity (Wildman–Crippen MR) is 141 cm³/mol. The van der Waals surface area contributed by atoms with E-state index in [0.717, 1.165) is 47.2 Å². The molecule has 4 N–H and O–H groups in total. The molecule has 0 unspecified atom stereocenters. The molecule has 35 heavy (non-hydrogen) atoms. The van der Waals surface area contributed by atoms with E-state index < -0.39 is 17.3 Å². The minimum absolute atomic E-state index is 0.0652. The van der Waals surface area contributed by atoms with Crippen LogP contribution in [0.1, 0.15) is 80.9 Å². The number of carbonyl (C=O) groups is 1. The number of hydrogen-bond acceptors (Lipinski definition) is 5. The van der Waals surface area contributed by atoms with E-state index in [9.17, 15) is 25.2 Å². The molecule has 0 spiro atoms. The van der Waals surface area contributed by atoms with Gasteiger partial charge in [-0.3, -0.25) is 4.79 Å². The van der Waals surface area contributed by atoms with Gasteiger partial charge in [0.2, 0.25) is 0 Å². The summed E-state index contributed by atoms with van der Waals surface area (Å²) in [5.74, 6) is -1.35. The van der Waals surface area contributed by atoms with Gasteiger partial charge in [-0.05, 0) is 83.4 Å². The highest BCUT2D eigenvalue weighted by Gasteiger charge is 2.18. The van der Waals surface area contributed by atoms with Gasteiger partial charge in [-0.1, -0.05) is 47.1 Å². The van der Waals surface area contributed by atoms with Crippen molar-refractivity contribution in [3.05, 3.63) is 81.5 Å². The van der Waals surface area contributed by atoms with Crippen molar-refractivity contribution in [3.63, 3.8) is 0 Å². The smallest absolute Gasteiger partial charge is 0.170 e. The van der Waals surface area contributed by atoms with Crippen LogP contribution in [0.4, 0.5) is 0 Å². The first-order valence-corrected chi connectivity index (χ1v) is 12.0. The standard InChI is InChI=1S/C30H38O5/c1-19(2)7-6-8-21(5)10-13-24-16-22(15-23(30(24)35)12-9-20(3)4)11-14-26(32)29-27(33)17-25(31)18-28(29)34/h7,9-10,15-18,31,33-35H,6,8,11-14H2,1-5H3. The third-order valence-corrected chi connectivity index (χ3v) is 5.82. The van der Waals surface area contributed by atoms with Crippen LogP contribution in [-0.2, 0) is 19.3 Å². The second-order valence-electron chi connectivity index (χ2n) is 9.61. The molecule has 0 aliphatic heterocycles. The molecule has 2 aromatic rings. The summed E-state index contributed by atoms with van der Waals surface area (Å²) < 4.78 is 0. The quantitative estimate of drug-likeness (QED) is 0.205. The minimum atomic E-state index is -0.447. The summed E-state index contributed by atoms with van der Waals surface area (Å²) in [6.45, 7) is 10.3. The molecule has 188 valence electrons. The van der Waals surface area contributed by atoms with E-state index in [1.165, 1.54) is 11.1 Å². The molecule has 2 rings (SSSR count). The van der Waals surface area contributed by atoms with Crippen LogP contribution in [-0.4, -0.2) is 26.2 Å². The molecule has 0 aromatic heterocycles. The van der Waals surface area contributed by atoms with Crippen LogP contribution < -0.4 is 0 Å². The maximum absolute atomic E-state index is 12.7. The third-order valence-electron chi connectivity index (χ3n) is 5.82. The van der Waals surface area contributed by atoms with Gasteiger partial charge < -0.3 is 20.4 Å². The Morgan fingerprint density at radius 3 is 1.83 bits per heavy atom. The second kappa shape index (κ2) is 12.8. The number of Topliss-reactive ketones (excluding diaryl/α,β-unsaturated/α-hetero) is 1. The van der Waals surface area contributed by atoms with Crippen molar-refractivity contribution < 1.29 is 25.2 Å². The van der Waals surface area contributed by atoms with Crippen molar-refractivity contribution in [2.45, 2.75) is 73.1 Å². The summed E-state index contributed by atoms with van der Waals surface area (Å²) in [7, 11) is 0. The van der Waals surface area contributed by atoms with Crippen LogP contribution >= 0.6 is 0 Å². The summed E-state index contributed by atoms with van der Waals surface area (Å²) >= 11 is 0. The van der Waals surface area contributed by atoms with Crippen LogP contribution in [0.5, 0.6) is 23.0 Å². The topological polar surface area (TPSA) is 98.0 Å². The zero-order valence-corrected chi connectivity index (χ0v) is 21.5. The SMILES string of the molecule is CC(C)=CCCC(C)=CCc1cc(CCC(=O)c2c(O)cc(O)cc2O)cc(CC=C(C)C)c1O. The molecule has 5 heteroatoms. The van der Waals surface area contributed by atoms with Gasteiger partial charge >= 0.3 is 0 Å². The van der Waals surface area contributed by atoms with E-state index in [2.05, 4.69) is 39.0 Å². The van der Waals surface area contributed by atoms with Gasteiger partial charge in [-0.2, -0.15) is 0 Å². The summed E-state index contributed by atoms with van der Waals surface area (Å²) in [6, 6.07) is 5.91. The average Bonchev–Trinajstić information content (AvgIpc) is 2.75. The van der Waals surface area contributed by atoms with Gasteiger partial charge in [0.15, 0.2) is 5.78 Å². The molecule has 0 bridgehead atoms. The zero-order chi connectivity index (χ0) is 26.1. The van der Waals surface area contributed by atoms with Crippen LogP contribution in [0.2, 0.25) is 0 Å². The molecule has 5 nitrogen and oxygen atoms in total. The number of ketones is 1. The van der Waals surface area contributed by atoms with Gasteiger partial charge in [0.25, 0.3) is 0 Å². The summed E-state index contributed by atoms with van der Waals surface area (Å²) in [5.41, 5.74) is 6.03. The molecule has 0 aliphatic rings. The fraction of sp³-hybridized carbons (Fsp3) is 0.367. The first-order chi connectivity index (χ1) is 16.5. The van der Waals surface area contributed by atoms with Crippen molar-refractivity contribution >= 4 is 5.78 Å². The van der Waals surface area contributed by atoms with Gasteiger partial charge in [0, 0.05) is 18.6 Å². The number of aryl methyl sites for hydroxylation is 1. The Morgan fingerprint density at radius 1 is 0.743 bits per heavy atom. The Kier molecular flexibility index (Phi) is 10.2. The zero-order valence-electron chi connectivity index (χ0n) is 21.5. The molecule has 0 atom stereocenters. The third kappa shape index (κ3) is 8.67. The van der Waals surface area contributed by atoms with Crippen LogP contribution in [0.15, 0.2) is 59.2 Å². The van der Waals surface area contributed by atoms with Gasteiger partial charge in [0.05, 0.1) is 0 Å². The lowest BCUT2D eigenvalue weighted by molar-refractivity contribution is 0.0977. The number of aromatic hydroxyl groups is 4. The van der Waals surface area contributed by atoms with Crippen LogP contribution in [0.3, 0.4) is 0 Å².